The average Bonchev–Trinajstić information content (AvgIpc) is 2.77. The Morgan fingerprint density at radius 2 is 1.94 bits per heavy atom. The van der Waals surface area contributed by atoms with Gasteiger partial charge in [-0.15, -0.1) is 0 Å². The molecule has 0 bridgehead atoms. The van der Waals surface area contributed by atoms with E-state index >= 15 is 0 Å². The summed E-state index contributed by atoms with van der Waals surface area (Å²) in [6.45, 7) is 10.5. The number of rotatable bonds is 2. The fourth-order valence-electron chi connectivity index (χ4n) is 4.70. The molecule has 0 N–H and O–H groups in total. The van der Waals surface area contributed by atoms with Gasteiger partial charge in [-0.1, -0.05) is 25.1 Å². The molecule has 4 rings (SSSR count). The van der Waals surface area contributed by atoms with Crippen molar-refractivity contribution in [2.45, 2.75) is 58.5 Å². The van der Waals surface area contributed by atoms with Crippen LogP contribution in [0.4, 0.5) is 4.79 Å². The predicted molar refractivity (Wildman–Crippen MR) is 131 cm³/mol. The molecule has 2 aliphatic heterocycles. The number of hydrogen-bond acceptors (Lipinski definition) is 5. The maximum Gasteiger partial charge on any atom is 0.414 e. The van der Waals surface area contributed by atoms with Crippen molar-refractivity contribution in [3.05, 3.63) is 47.2 Å². The lowest BCUT2D eigenvalue weighted by molar-refractivity contribution is 0.0327. The lowest BCUT2D eigenvalue weighted by atomic mass is 9.90. The molecule has 6 nitrogen and oxygen atoms in total. The van der Waals surface area contributed by atoms with Crippen molar-refractivity contribution in [3.8, 4) is 6.07 Å². The zero-order valence-electron chi connectivity index (χ0n) is 20.4. The number of allylic oxidation sites excluding steroid dienone is 1. The van der Waals surface area contributed by atoms with Crippen LogP contribution in [0.15, 0.2) is 30.3 Å². The summed E-state index contributed by atoms with van der Waals surface area (Å²) in [7, 11) is 2.14. The Kier molecular flexibility index (Phi) is 6.45. The summed E-state index contributed by atoms with van der Waals surface area (Å²) < 4.78 is 5.69. The molecule has 1 unspecified atom stereocenters. The van der Waals surface area contributed by atoms with Crippen LogP contribution in [0.3, 0.4) is 0 Å². The van der Waals surface area contributed by atoms with E-state index in [9.17, 15) is 10.1 Å². The van der Waals surface area contributed by atoms with Crippen molar-refractivity contribution in [2.75, 3.05) is 26.7 Å². The van der Waals surface area contributed by atoms with Gasteiger partial charge in [0.2, 0.25) is 0 Å². The number of hydrogen-bond donors (Lipinski definition) is 0. The number of carbonyl (C=O) groups is 1. The quantitative estimate of drug-likeness (QED) is 0.606. The number of benzene rings is 1. The highest BCUT2D eigenvalue weighted by atomic mass is 16.6. The van der Waals surface area contributed by atoms with E-state index in [-0.39, 0.29) is 6.09 Å². The van der Waals surface area contributed by atoms with E-state index in [2.05, 4.69) is 31.0 Å². The number of piperidine rings is 1. The number of fused-ring (bicyclic) bond motifs is 1. The number of nitriles is 1. The molecule has 3 heterocycles. The third-order valence-corrected chi connectivity index (χ3v) is 6.48. The summed E-state index contributed by atoms with van der Waals surface area (Å²) in [5, 5.41) is 10.7. The highest BCUT2D eigenvalue weighted by Crippen LogP contribution is 2.33. The molecule has 1 amide bonds. The van der Waals surface area contributed by atoms with Crippen molar-refractivity contribution >= 4 is 22.7 Å². The minimum atomic E-state index is -0.551. The molecule has 0 radical (unpaired) electrons. The van der Waals surface area contributed by atoms with E-state index in [1.165, 1.54) is 0 Å². The van der Waals surface area contributed by atoms with E-state index in [0.29, 0.717) is 23.9 Å². The van der Waals surface area contributed by atoms with E-state index in [1.54, 1.807) is 4.90 Å². The van der Waals surface area contributed by atoms with Crippen LogP contribution in [-0.4, -0.2) is 53.2 Å². The van der Waals surface area contributed by atoms with E-state index in [4.69, 9.17) is 9.72 Å². The Bertz CT molecular complexity index is 1120. The molecular formula is C27H34N4O2. The number of nitrogens with zero attached hydrogens (tertiary/aromatic N) is 4. The lowest BCUT2D eigenvalue weighted by Gasteiger charge is -2.34. The molecular weight excluding hydrogens is 412 g/mol. The molecule has 1 fully saturated rings. The Morgan fingerprint density at radius 3 is 2.61 bits per heavy atom. The molecule has 6 heteroatoms. The maximum atomic E-state index is 13.0. The van der Waals surface area contributed by atoms with Crippen LogP contribution in [0, 0.1) is 17.2 Å². The molecule has 0 aliphatic carbocycles. The first-order valence-corrected chi connectivity index (χ1v) is 11.9. The molecule has 0 saturated carbocycles. The number of likely N-dealkylation sites (tertiary alicyclic amines) is 1. The van der Waals surface area contributed by atoms with Crippen LogP contribution < -0.4 is 0 Å². The summed E-state index contributed by atoms with van der Waals surface area (Å²) in [6, 6.07) is 10.4. The zero-order valence-corrected chi connectivity index (χ0v) is 20.4. The molecule has 1 atom stereocenters. The Hall–Kier alpha value is -2.91. The van der Waals surface area contributed by atoms with Gasteiger partial charge in [-0.25, -0.2) is 4.79 Å². The summed E-state index contributed by atoms with van der Waals surface area (Å²) in [5.74, 6) is 0.672. The van der Waals surface area contributed by atoms with Gasteiger partial charge in [0.05, 0.1) is 22.5 Å². The third-order valence-electron chi connectivity index (χ3n) is 6.48. The highest BCUT2D eigenvalue weighted by Gasteiger charge is 2.30. The molecule has 2 aromatic rings. The first-order chi connectivity index (χ1) is 15.6. The Balaban J connectivity index is 1.71. The van der Waals surface area contributed by atoms with Gasteiger partial charge in [-0.05, 0) is 78.2 Å². The number of ether oxygens (including phenoxy) is 1. The van der Waals surface area contributed by atoms with Crippen LogP contribution in [0.2, 0.25) is 0 Å². The third kappa shape index (κ3) is 5.20. The molecule has 1 aromatic heterocycles. The van der Waals surface area contributed by atoms with E-state index < -0.39 is 5.60 Å². The molecule has 2 aliphatic rings. The zero-order chi connectivity index (χ0) is 23.8. The summed E-state index contributed by atoms with van der Waals surface area (Å²) in [4.78, 5) is 22.1. The largest absolute Gasteiger partial charge is 0.443 e. The van der Waals surface area contributed by atoms with Gasteiger partial charge in [0.25, 0.3) is 0 Å². The van der Waals surface area contributed by atoms with Crippen LogP contribution in [0.5, 0.6) is 0 Å². The topological polar surface area (TPSA) is 69.5 Å². The number of aromatic nitrogens is 1. The SMILES string of the molecule is CC1CC=C(c2ccc3cc(C#N)c(C4CCN(C)CC4)nc3c2)N(C(=O)OC(C)(C)C)C1. The van der Waals surface area contributed by atoms with Gasteiger partial charge < -0.3 is 9.64 Å². The Morgan fingerprint density at radius 1 is 1.21 bits per heavy atom. The summed E-state index contributed by atoms with van der Waals surface area (Å²) >= 11 is 0. The smallest absolute Gasteiger partial charge is 0.414 e. The van der Waals surface area contributed by atoms with Crippen molar-refractivity contribution in [3.63, 3.8) is 0 Å². The van der Waals surface area contributed by atoms with Crippen LogP contribution in [-0.2, 0) is 4.74 Å². The highest BCUT2D eigenvalue weighted by molar-refractivity contribution is 5.88. The average molecular weight is 447 g/mol. The summed E-state index contributed by atoms with van der Waals surface area (Å²) in [5.41, 5.74) is 3.72. The summed E-state index contributed by atoms with van der Waals surface area (Å²) in [6.07, 6.45) is 4.74. The van der Waals surface area contributed by atoms with Gasteiger partial charge in [0.1, 0.15) is 11.7 Å². The fourth-order valence-corrected chi connectivity index (χ4v) is 4.70. The minimum Gasteiger partial charge on any atom is -0.443 e. The second kappa shape index (κ2) is 9.15. The van der Waals surface area contributed by atoms with Crippen molar-refractivity contribution in [1.29, 1.82) is 5.26 Å². The van der Waals surface area contributed by atoms with Crippen molar-refractivity contribution < 1.29 is 9.53 Å². The predicted octanol–water partition coefficient (Wildman–Crippen LogP) is 5.53. The molecule has 0 spiro atoms. The van der Waals surface area contributed by atoms with Crippen LogP contribution >= 0.6 is 0 Å². The second-order valence-corrected chi connectivity index (χ2v) is 10.5. The monoisotopic (exact) mass is 446 g/mol. The van der Waals surface area contributed by atoms with E-state index in [1.807, 2.05) is 45.0 Å². The second-order valence-electron chi connectivity index (χ2n) is 10.5. The van der Waals surface area contributed by atoms with Crippen molar-refractivity contribution in [2.24, 2.45) is 5.92 Å². The van der Waals surface area contributed by atoms with Crippen molar-refractivity contribution in [1.82, 2.24) is 14.8 Å². The van der Waals surface area contributed by atoms with Crippen LogP contribution in [0.25, 0.3) is 16.6 Å². The number of amides is 1. The molecule has 33 heavy (non-hydrogen) atoms. The minimum absolute atomic E-state index is 0.303. The fraction of sp³-hybridized carbons (Fsp3) is 0.519. The molecule has 1 saturated heterocycles. The number of pyridine rings is 1. The van der Waals surface area contributed by atoms with Crippen LogP contribution in [0.1, 0.15) is 69.7 Å². The first kappa shape index (κ1) is 23.3. The van der Waals surface area contributed by atoms with Gasteiger partial charge >= 0.3 is 6.09 Å². The van der Waals surface area contributed by atoms with Gasteiger partial charge in [-0.2, -0.15) is 5.26 Å². The normalized spacial score (nSPS) is 20.4. The molecule has 1 aromatic carbocycles. The standard InChI is InChI=1S/C27H34N4O2/c1-18-6-9-24(31(17-18)26(32)33-27(2,3)4)21-8-7-20-14-22(16-28)25(29-23(20)15-21)19-10-12-30(5)13-11-19/h7-9,14-15,18-19H,6,10-13,17H2,1-5H3. The number of carbonyl (C=O) groups excluding carboxylic acids is 1. The van der Waals surface area contributed by atoms with Gasteiger partial charge in [-0.3, -0.25) is 9.88 Å². The van der Waals surface area contributed by atoms with Gasteiger partial charge in [0.15, 0.2) is 0 Å². The van der Waals surface area contributed by atoms with Gasteiger partial charge in [0, 0.05) is 23.4 Å². The first-order valence-electron chi connectivity index (χ1n) is 11.9. The maximum absolute atomic E-state index is 13.0. The lowest BCUT2D eigenvalue weighted by Crippen LogP contribution is -2.39. The van der Waals surface area contributed by atoms with E-state index in [0.717, 1.165) is 60.2 Å². The molecule has 174 valence electrons. The Labute approximate surface area is 196 Å².